The first kappa shape index (κ1) is 21.2. The van der Waals surface area contributed by atoms with Crippen molar-refractivity contribution in [1.82, 2.24) is 14.7 Å². The molecule has 1 aliphatic carbocycles. The van der Waals surface area contributed by atoms with Crippen LogP contribution in [0.25, 0.3) is 0 Å². The molecule has 2 amide bonds. The Morgan fingerprint density at radius 2 is 1.83 bits per heavy atom. The van der Waals surface area contributed by atoms with Gasteiger partial charge in [-0.05, 0) is 36.8 Å². The summed E-state index contributed by atoms with van der Waals surface area (Å²) in [6.45, 7) is 11.0. The maximum atomic E-state index is 12.7. The first-order chi connectivity index (χ1) is 14.5. The van der Waals surface area contributed by atoms with Crippen molar-refractivity contribution in [1.29, 1.82) is 0 Å². The van der Waals surface area contributed by atoms with Crippen LogP contribution in [0, 0.1) is 11.8 Å². The van der Waals surface area contributed by atoms with Crippen molar-refractivity contribution in [3.8, 4) is 5.75 Å². The molecule has 6 heteroatoms. The Hall–Kier alpha value is -2.08. The van der Waals surface area contributed by atoms with Crippen molar-refractivity contribution in [3.05, 3.63) is 29.3 Å². The van der Waals surface area contributed by atoms with Gasteiger partial charge in [-0.15, -0.1) is 0 Å². The molecule has 164 valence electrons. The molecular formula is C24H35N3O3. The molecular weight excluding hydrogens is 378 g/mol. The number of carbonyl (C=O) groups is 2. The monoisotopic (exact) mass is 413 g/mol. The number of rotatable bonds is 6. The van der Waals surface area contributed by atoms with Crippen molar-refractivity contribution in [3.63, 3.8) is 0 Å². The second kappa shape index (κ2) is 9.38. The lowest BCUT2D eigenvalue weighted by Crippen LogP contribution is -2.49. The molecule has 0 unspecified atom stereocenters. The van der Waals surface area contributed by atoms with Crippen LogP contribution < -0.4 is 4.74 Å². The molecule has 2 heterocycles. The number of ether oxygens (including phenoxy) is 1. The summed E-state index contributed by atoms with van der Waals surface area (Å²) in [7, 11) is 0. The van der Waals surface area contributed by atoms with E-state index in [9.17, 15) is 9.59 Å². The lowest BCUT2D eigenvalue weighted by Gasteiger charge is -2.35. The van der Waals surface area contributed by atoms with Gasteiger partial charge in [0.15, 0.2) is 0 Å². The van der Waals surface area contributed by atoms with Crippen molar-refractivity contribution >= 4 is 11.8 Å². The van der Waals surface area contributed by atoms with Crippen LogP contribution in [0.4, 0.5) is 0 Å². The maximum absolute atomic E-state index is 12.7. The highest BCUT2D eigenvalue weighted by Gasteiger charge is 2.34. The number of piperazine rings is 1. The minimum Gasteiger partial charge on any atom is -0.491 e. The van der Waals surface area contributed by atoms with E-state index < -0.39 is 0 Å². The summed E-state index contributed by atoms with van der Waals surface area (Å²) in [5.41, 5.74) is 2.21. The first-order valence-electron chi connectivity index (χ1n) is 11.5. The van der Waals surface area contributed by atoms with Crippen LogP contribution >= 0.6 is 0 Å². The Morgan fingerprint density at radius 1 is 1.07 bits per heavy atom. The summed E-state index contributed by atoms with van der Waals surface area (Å²) >= 11 is 0. The Bertz CT molecular complexity index is 767. The Labute approximate surface area is 180 Å². The molecule has 0 spiro atoms. The number of benzene rings is 1. The number of amides is 2. The van der Waals surface area contributed by atoms with Gasteiger partial charge in [-0.25, -0.2) is 0 Å². The van der Waals surface area contributed by atoms with E-state index in [1.54, 1.807) is 0 Å². The van der Waals surface area contributed by atoms with Gasteiger partial charge in [0, 0.05) is 57.2 Å². The zero-order chi connectivity index (χ0) is 21.1. The molecule has 6 nitrogen and oxygen atoms in total. The van der Waals surface area contributed by atoms with Gasteiger partial charge >= 0.3 is 0 Å². The minimum atomic E-state index is 0.230. The molecule has 1 aromatic carbocycles. The molecule has 0 atom stereocenters. The van der Waals surface area contributed by atoms with E-state index >= 15 is 0 Å². The average molecular weight is 414 g/mol. The molecule has 2 fully saturated rings. The quantitative estimate of drug-likeness (QED) is 0.719. The largest absolute Gasteiger partial charge is 0.491 e. The van der Waals surface area contributed by atoms with Gasteiger partial charge in [-0.3, -0.25) is 14.5 Å². The van der Waals surface area contributed by atoms with Crippen LogP contribution in [0.3, 0.4) is 0 Å². The van der Waals surface area contributed by atoms with Crippen LogP contribution in [0.5, 0.6) is 5.75 Å². The fourth-order valence-corrected chi connectivity index (χ4v) is 4.49. The van der Waals surface area contributed by atoms with Gasteiger partial charge in [0.1, 0.15) is 12.4 Å². The zero-order valence-corrected chi connectivity index (χ0v) is 18.4. The highest BCUT2D eigenvalue weighted by atomic mass is 16.5. The normalized spacial score (nSPS) is 20.0. The fourth-order valence-electron chi connectivity index (χ4n) is 4.49. The average Bonchev–Trinajstić information content (AvgIpc) is 3.58. The number of nitrogens with zero attached hydrogens (tertiary/aromatic N) is 3. The third-order valence-electron chi connectivity index (χ3n) is 6.32. The third kappa shape index (κ3) is 5.34. The molecule has 0 radical (unpaired) electrons. The lowest BCUT2D eigenvalue weighted by molar-refractivity contribution is -0.133. The number of aryl methyl sites for hydroxylation is 1. The van der Waals surface area contributed by atoms with E-state index in [2.05, 4.69) is 30.9 Å². The highest BCUT2D eigenvalue weighted by Crippen LogP contribution is 2.33. The van der Waals surface area contributed by atoms with E-state index in [1.165, 1.54) is 0 Å². The van der Waals surface area contributed by atoms with Gasteiger partial charge in [0.2, 0.25) is 11.8 Å². The van der Waals surface area contributed by atoms with E-state index in [0.717, 1.165) is 68.9 Å². The number of carbonyl (C=O) groups excluding carboxylic acids is 2. The molecule has 3 aliphatic rings. The van der Waals surface area contributed by atoms with Crippen LogP contribution in [0.1, 0.15) is 44.2 Å². The first-order valence-corrected chi connectivity index (χ1v) is 11.5. The SMILES string of the molecule is CC(C)CN1CCN(C(=O)CCc2ccc3c(c2)CN(C(=O)C2CC2)CCO3)CC1. The third-order valence-corrected chi connectivity index (χ3v) is 6.32. The summed E-state index contributed by atoms with van der Waals surface area (Å²) in [6.07, 6.45) is 3.32. The predicted molar refractivity (Wildman–Crippen MR) is 116 cm³/mol. The zero-order valence-electron chi connectivity index (χ0n) is 18.4. The molecule has 1 saturated carbocycles. The molecule has 4 rings (SSSR count). The van der Waals surface area contributed by atoms with Crippen molar-refractivity contribution in [2.45, 2.75) is 46.1 Å². The minimum absolute atomic E-state index is 0.230. The highest BCUT2D eigenvalue weighted by molar-refractivity contribution is 5.81. The summed E-state index contributed by atoms with van der Waals surface area (Å²) in [5, 5.41) is 0. The molecule has 30 heavy (non-hydrogen) atoms. The number of fused-ring (bicyclic) bond motifs is 1. The van der Waals surface area contributed by atoms with Gasteiger partial charge in [-0.2, -0.15) is 0 Å². The van der Waals surface area contributed by atoms with Crippen molar-refractivity contribution in [2.24, 2.45) is 11.8 Å². The predicted octanol–water partition coefficient (Wildman–Crippen LogP) is 2.55. The molecule has 0 bridgehead atoms. The standard InChI is InChI=1S/C24H35N3O3/c1-18(2)16-25-9-11-26(12-10-25)23(28)8-4-19-3-7-22-21(15-19)17-27(13-14-30-22)24(29)20-5-6-20/h3,7,15,18,20H,4-6,8-14,16-17H2,1-2H3. The Balaban J connectivity index is 1.30. The fraction of sp³-hybridized carbons (Fsp3) is 0.667. The summed E-state index contributed by atoms with van der Waals surface area (Å²) in [6, 6.07) is 6.19. The van der Waals surface area contributed by atoms with Crippen LogP contribution in [0.15, 0.2) is 18.2 Å². The Kier molecular flexibility index (Phi) is 6.61. The smallest absolute Gasteiger partial charge is 0.226 e. The van der Waals surface area contributed by atoms with Gasteiger partial charge in [0.25, 0.3) is 0 Å². The molecule has 1 saturated heterocycles. The number of hydrogen-bond acceptors (Lipinski definition) is 4. The second-order valence-electron chi connectivity index (χ2n) is 9.40. The van der Waals surface area contributed by atoms with E-state index in [-0.39, 0.29) is 17.7 Å². The van der Waals surface area contributed by atoms with Crippen molar-refractivity contribution in [2.75, 3.05) is 45.9 Å². The van der Waals surface area contributed by atoms with E-state index in [0.29, 0.717) is 32.0 Å². The molecule has 0 N–H and O–H groups in total. The second-order valence-corrected chi connectivity index (χ2v) is 9.40. The van der Waals surface area contributed by atoms with Gasteiger partial charge in [-0.1, -0.05) is 26.0 Å². The summed E-state index contributed by atoms with van der Waals surface area (Å²) in [4.78, 5) is 31.6. The summed E-state index contributed by atoms with van der Waals surface area (Å²) in [5.74, 6) is 2.28. The van der Waals surface area contributed by atoms with Crippen LogP contribution in [-0.4, -0.2) is 72.4 Å². The molecule has 0 aromatic heterocycles. The van der Waals surface area contributed by atoms with Gasteiger partial charge < -0.3 is 14.5 Å². The summed E-state index contributed by atoms with van der Waals surface area (Å²) < 4.78 is 5.87. The van der Waals surface area contributed by atoms with Crippen LogP contribution in [0.2, 0.25) is 0 Å². The van der Waals surface area contributed by atoms with Crippen molar-refractivity contribution < 1.29 is 14.3 Å². The van der Waals surface area contributed by atoms with Crippen LogP contribution in [-0.2, 0) is 22.6 Å². The molecule has 2 aliphatic heterocycles. The molecule has 1 aromatic rings. The Morgan fingerprint density at radius 3 is 2.53 bits per heavy atom. The number of hydrogen-bond donors (Lipinski definition) is 0. The lowest BCUT2D eigenvalue weighted by atomic mass is 10.0. The van der Waals surface area contributed by atoms with E-state index in [4.69, 9.17) is 4.74 Å². The maximum Gasteiger partial charge on any atom is 0.226 e. The topological polar surface area (TPSA) is 53.1 Å². The van der Waals surface area contributed by atoms with Gasteiger partial charge in [0.05, 0.1) is 6.54 Å². The van der Waals surface area contributed by atoms with E-state index in [1.807, 2.05) is 15.9 Å².